The number of aliphatic hydroxyl groups excluding tert-OH is 1. The summed E-state index contributed by atoms with van der Waals surface area (Å²) >= 11 is 0. The Labute approximate surface area is 154 Å². The molecule has 1 saturated carbocycles. The fourth-order valence-electron chi connectivity index (χ4n) is 4.48. The van der Waals surface area contributed by atoms with Crippen molar-refractivity contribution in [1.82, 2.24) is 10.2 Å². The number of rotatable bonds is 3. The van der Waals surface area contributed by atoms with E-state index in [1.54, 1.807) is 0 Å². The van der Waals surface area contributed by atoms with Crippen LogP contribution in [-0.4, -0.2) is 54.5 Å². The van der Waals surface area contributed by atoms with Gasteiger partial charge in [-0.25, -0.2) is 4.79 Å². The van der Waals surface area contributed by atoms with Gasteiger partial charge >= 0.3 is 6.03 Å². The second-order valence-corrected chi connectivity index (χ2v) is 7.69. The zero-order valence-electron chi connectivity index (χ0n) is 15.1. The van der Waals surface area contributed by atoms with E-state index in [9.17, 15) is 9.90 Å². The molecule has 6 heteroatoms. The first kappa shape index (κ1) is 17.5. The van der Waals surface area contributed by atoms with Crippen molar-refractivity contribution in [2.24, 2.45) is 11.8 Å². The number of ether oxygens (including phenoxy) is 2. The van der Waals surface area contributed by atoms with E-state index in [1.807, 2.05) is 29.2 Å². The zero-order chi connectivity index (χ0) is 17.9. The Balaban J connectivity index is 1.28. The average molecular weight is 360 g/mol. The first-order chi connectivity index (χ1) is 12.7. The van der Waals surface area contributed by atoms with Gasteiger partial charge in [-0.1, -0.05) is 37.8 Å². The van der Waals surface area contributed by atoms with Crippen molar-refractivity contribution in [2.45, 2.75) is 44.3 Å². The van der Waals surface area contributed by atoms with Crippen molar-refractivity contribution in [2.75, 3.05) is 26.2 Å². The molecule has 0 bridgehead atoms. The average Bonchev–Trinajstić information content (AvgIpc) is 3.21. The minimum Gasteiger partial charge on any atom is -0.486 e. The van der Waals surface area contributed by atoms with E-state index in [4.69, 9.17) is 9.47 Å². The summed E-state index contributed by atoms with van der Waals surface area (Å²) in [6.45, 7) is 2.12. The molecule has 2 aliphatic heterocycles. The highest BCUT2D eigenvalue weighted by atomic mass is 16.6. The van der Waals surface area contributed by atoms with Crippen LogP contribution in [0.5, 0.6) is 11.5 Å². The monoisotopic (exact) mass is 360 g/mol. The quantitative estimate of drug-likeness (QED) is 0.868. The standard InChI is InChI=1S/C20H28N2O4/c23-17-9-10-22(12-16(17)14-5-1-2-6-14)20(24)21-11-15-13-25-18-7-3-4-8-19(18)26-15/h3-4,7-8,14-17,23H,1-2,5-6,9-13H2,(H,21,24)/t15?,16-,17+/m0/s1. The van der Waals surface area contributed by atoms with Gasteiger partial charge in [0, 0.05) is 19.0 Å². The van der Waals surface area contributed by atoms with Gasteiger partial charge in [-0.3, -0.25) is 0 Å². The molecule has 4 rings (SSSR count). The Morgan fingerprint density at radius 1 is 1.19 bits per heavy atom. The van der Waals surface area contributed by atoms with Crippen LogP contribution in [0, 0.1) is 11.8 Å². The van der Waals surface area contributed by atoms with Gasteiger partial charge in [-0.2, -0.15) is 0 Å². The molecule has 3 aliphatic rings. The van der Waals surface area contributed by atoms with Gasteiger partial charge in [0.25, 0.3) is 0 Å². The normalized spacial score (nSPS) is 28.8. The van der Waals surface area contributed by atoms with Crippen LogP contribution >= 0.6 is 0 Å². The Bertz CT molecular complexity index is 632. The van der Waals surface area contributed by atoms with E-state index in [1.165, 1.54) is 25.7 Å². The minimum absolute atomic E-state index is 0.0673. The Morgan fingerprint density at radius 2 is 1.96 bits per heavy atom. The van der Waals surface area contributed by atoms with Crippen molar-refractivity contribution < 1.29 is 19.4 Å². The summed E-state index contributed by atoms with van der Waals surface area (Å²) < 4.78 is 11.6. The summed E-state index contributed by atoms with van der Waals surface area (Å²) in [6.07, 6.45) is 5.09. The highest BCUT2D eigenvalue weighted by molar-refractivity contribution is 5.74. The number of carbonyl (C=O) groups is 1. The van der Waals surface area contributed by atoms with Gasteiger partial charge < -0.3 is 24.8 Å². The highest BCUT2D eigenvalue weighted by Crippen LogP contribution is 2.36. The third-order valence-electron chi connectivity index (χ3n) is 5.96. The maximum Gasteiger partial charge on any atom is 0.317 e. The number of fused-ring (bicyclic) bond motifs is 1. The molecular formula is C20H28N2O4. The third kappa shape index (κ3) is 3.75. The van der Waals surface area contributed by atoms with Crippen LogP contribution in [0.2, 0.25) is 0 Å². The summed E-state index contributed by atoms with van der Waals surface area (Å²) in [7, 11) is 0. The molecule has 1 saturated heterocycles. The molecule has 2 amide bonds. The molecule has 1 aromatic carbocycles. The number of aliphatic hydroxyl groups is 1. The van der Waals surface area contributed by atoms with E-state index in [0.717, 1.165) is 11.5 Å². The second kappa shape index (κ2) is 7.74. The number of hydrogen-bond acceptors (Lipinski definition) is 4. The fraction of sp³-hybridized carbons (Fsp3) is 0.650. The number of carbonyl (C=O) groups excluding carboxylic acids is 1. The van der Waals surface area contributed by atoms with Gasteiger partial charge in [0.05, 0.1) is 12.6 Å². The van der Waals surface area contributed by atoms with E-state index >= 15 is 0 Å². The predicted octanol–water partition coefficient (Wildman–Crippen LogP) is 2.41. The molecule has 2 N–H and O–H groups in total. The molecule has 6 nitrogen and oxygen atoms in total. The Hall–Kier alpha value is -1.95. The number of piperidine rings is 1. The molecule has 0 radical (unpaired) electrons. The lowest BCUT2D eigenvalue weighted by Crippen LogP contribution is -2.53. The number of urea groups is 1. The van der Waals surface area contributed by atoms with Crippen molar-refractivity contribution >= 4 is 6.03 Å². The van der Waals surface area contributed by atoms with Crippen molar-refractivity contribution in [3.05, 3.63) is 24.3 Å². The van der Waals surface area contributed by atoms with Gasteiger partial charge in [0.15, 0.2) is 17.6 Å². The first-order valence-corrected chi connectivity index (χ1v) is 9.80. The molecule has 26 heavy (non-hydrogen) atoms. The highest BCUT2D eigenvalue weighted by Gasteiger charge is 2.36. The van der Waals surface area contributed by atoms with Gasteiger partial charge in [0.1, 0.15) is 6.61 Å². The number of para-hydroxylation sites is 2. The van der Waals surface area contributed by atoms with E-state index in [0.29, 0.717) is 38.6 Å². The van der Waals surface area contributed by atoms with Gasteiger partial charge in [0.2, 0.25) is 0 Å². The number of amides is 2. The van der Waals surface area contributed by atoms with Crippen LogP contribution in [0.25, 0.3) is 0 Å². The lowest BCUT2D eigenvalue weighted by Gasteiger charge is -2.39. The minimum atomic E-state index is -0.270. The number of hydrogen-bond donors (Lipinski definition) is 2. The molecule has 1 aliphatic carbocycles. The third-order valence-corrected chi connectivity index (χ3v) is 5.96. The molecule has 142 valence electrons. The molecule has 0 spiro atoms. The fourth-order valence-corrected chi connectivity index (χ4v) is 4.48. The van der Waals surface area contributed by atoms with Crippen molar-refractivity contribution in [1.29, 1.82) is 0 Å². The topological polar surface area (TPSA) is 71.0 Å². The predicted molar refractivity (Wildman–Crippen MR) is 97.4 cm³/mol. The first-order valence-electron chi connectivity index (χ1n) is 9.80. The molecule has 2 fully saturated rings. The van der Waals surface area contributed by atoms with Crippen LogP contribution in [0.4, 0.5) is 4.79 Å². The summed E-state index contributed by atoms with van der Waals surface area (Å²) in [5.74, 6) is 2.25. The van der Waals surface area contributed by atoms with Crippen LogP contribution in [0.15, 0.2) is 24.3 Å². The van der Waals surface area contributed by atoms with Crippen LogP contribution in [0.1, 0.15) is 32.1 Å². The second-order valence-electron chi connectivity index (χ2n) is 7.69. The maximum absolute atomic E-state index is 12.6. The largest absolute Gasteiger partial charge is 0.486 e. The number of nitrogens with zero attached hydrogens (tertiary/aromatic N) is 1. The SMILES string of the molecule is O=C(NCC1COc2ccccc2O1)N1CC[C@@H](O)[C@H](C2CCCC2)C1. The summed E-state index contributed by atoms with van der Waals surface area (Å²) in [5.41, 5.74) is 0. The summed E-state index contributed by atoms with van der Waals surface area (Å²) in [5, 5.41) is 13.3. The number of benzene rings is 1. The van der Waals surface area contributed by atoms with E-state index < -0.39 is 0 Å². The van der Waals surface area contributed by atoms with Crippen LogP contribution in [-0.2, 0) is 0 Å². The van der Waals surface area contributed by atoms with Crippen molar-refractivity contribution in [3.8, 4) is 11.5 Å². The Morgan fingerprint density at radius 3 is 2.77 bits per heavy atom. The maximum atomic E-state index is 12.6. The lowest BCUT2D eigenvalue weighted by molar-refractivity contribution is 0.0118. The summed E-state index contributed by atoms with van der Waals surface area (Å²) in [4.78, 5) is 14.4. The summed E-state index contributed by atoms with van der Waals surface area (Å²) in [6, 6.07) is 7.51. The smallest absolute Gasteiger partial charge is 0.317 e. The van der Waals surface area contributed by atoms with E-state index in [-0.39, 0.29) is 24.2 Å². The molecule has 3 atom stereocenters. The van der Waals surface area contributed by atoms with E-state index in [2.05, 4.69) is 5.32 Å². The van der Waals surface area contributed by atoms with Crippen LogP contribution in [0.3, 0.4) is 0 Å². The molecular weight excluding hydrogens is 332 g/mol. The van der Waals surface area contributed by atoms with Gasteiger partial charge in [-0.15, -0.1) is 0 Å². The molecule has 1 aromatic rings. The van der Waals surface area contributed by atoms with Gasteiger partial charge in [-0.05, 0) is 24.5 Å². The lowest BCUT2D eigenvalue weighted by atomic mass is 9.82. The molecule has 2 heterocycles. The number of nitrogens with one attached hydrogen (secondary N) is 1. The number of likely N-dealkylation sites (tertiary alicyclic amines) is 1. The molecule has 0 aromatic heterocycles. The van der Waals surface area contributed by atoms with Crippen molar-refractivity contribution in [3.63, 3.8) is 0 Å². The Kier molecular flexibility index (Phi) is 5.20. The molecule has 1 unspecified atom stereocenters. The zero-order valence-corrected chi connectivity index (χ0v) is 15.1. The van der Waals surface area contributed by atoms with Crippen LogP contribution < -0.4 is 14.8 Å².